The fraction of sp³-hybridized carbons (Fsp3) is 0.467. The predicted octanol–water partition coefficient (Wildman–Crippen LogP) is 4.47. The fourth-order valence-electron chi connectivity index (χ4n) is 5.05. The Morgan fingerprint density at radius 1 is 1.11 bits per heavy atom. The number of hydrogen-bond donors (Lipinski definition) is 1. The number of nitrogens with two attached hydrogens (primary N) is 1. The molecule has 0 unspecified atom stereocenters. The first-order valence-electron chi connectivity index (χ1n) is 13.4. The number of aryl methyl sites for hydroxylation is 4. The van der Waals surface area contributed by atoms with Crippen molar-refractivity contribution in [1.29, 1.82) is 0 Å². The van der Waals surface area contributed by atoms with Gasteiger partial charge in [-0.25, -0.2) is 9.97 Å². The third-order valence-electron chi connectivity index (χ3n) is 7.42. The Morgan fingerprint density at radius 3 is 2.45 bits per heavy atom. The van der Waals surface area contributed by atoms with Crippen LogP contribution in [0.2, 0.25) is 0 Å². The number of carbonyl (C=O) groups excluding carboxylic acids is 1. The van der Waals surface area contributed by atoms with E-state index in [1.165, 1.54) is 0 Å². The highest BCUT2D eigenvalue weighted by molar-refractivity contribution is 5.76. The first-order chi connectivity index (χ1) is 18.0. The van der Waals surface area contributed by atoms with Gasteiger partial charge in [-0.1, -0.05) is 32.0 Å². The van der Waals surface area contributed by atoms with Gasteiger partial charge >= 0.3 is 0 Å². The maximum absolute atomic E-state index is 11.6. The average molecular weight is 517 g/mol. The van der Waals surface area contributed by atoms with E-state index in [9.17, 15) is 4.79 Å². The molecule has 1 fully saturated rings. The summed E-state index contributed by atoms with van der Waals surface area (Å²) >= 11 is 0. The van der Waals surface area contributed by atoms with Crippen molar-refractivity contribution >= 4 is 11.7 Å². The van der Waals surface area contributed by atoms with Crippen LogP contribution in [0.15, 0.2) is 30.5 Å². The highest BCUT2D eigenvalue weighted by Crippen LogP contribution is 2.32. The summed E-state index contributed by atoms with van der Waals surface area (Å²) in [6.45, 7) is 17.4. The summed E-state index contributed by atoms with van der Waals surface area (Å²) in [5.74, 6) is 2.44. The second kappa shape index (κ2) is 11.5. The number of rotatable bonds is 8. The van der Waals surface area contributed by atoms with Crippen LogP contribution in [0.4, 0.5) is 5.82 Å². The summed E-state index contributed by atoms with van der Waals surface area (Å²) in [4.78, 5) is 30.7. The van der Waals surface area contributed by atoms with E-state index in [0.29, 0.717) is 12.5 Å². The second-order valence-electron chi connectivity index (χ2n) is 10.7. The van der Waals surface area contributed by atoms with Crippen LogP contribution in [0.3, 0.4) is 0 Å². The second-order valence-corrected chi connectivity index (χ2v) is 10.7. The molecule has 0 aliphatic carbocycles. The van der Waals surface area contributed by atoms with Crippen molar-refractivity contribution < 1.29 is 9.53 Å². The van der Waals surface area contributed by atoms with Gasteiger partial charge in [0.05, 0.1) is 23.5 Å². The Balaban J connectivity index is 1.73. The van der Waals surface area contributed by atoms with Gasteiger partial charge in [-0.05, 0) is 63.3 Å². The Hall–Kier alpha value is -3.52. The summed E-state index contributed by atoms with van der Waals surface area (Å²) in [6, 6.07) is 8.49. The predicted molar refractivity (Wildman–Crippen MR) is 152 cm³/mol. The molecule has 8 heteroatoms. The van der Waals surface area contributed by atoms with Crippen LogP contribution >= 0.6 is 0 Å². The number of primary amides is 1. The molecule has 1 saturated heterocycles. The first-order valence-corrected chi connectivity index (χ1v) is 13.4. The van der Waals surface area contributed by atoms with Gasteiger partial charge in [-0.3, -0.25) is 14.7 Å². The van der Waals surface area contributed by atoms with Crippen LogP contribution in [0.5, 0.6) is 5.75 Å². The first kappa shape index (κ1) is 27.5. The number of aromatic nitrogens is 3. The number of anilines is 1. The summed E-state index contributed by atoms with van der Waals surface area (Å²) in [5.41, 5.74) is 12.7. The maximum Gasteiger partial charge on any atom is 0.231 e. The average Bonchev–Trinajstić information content (AvgIpc) is 2.84. The molecular weight excluding hydrogens is 476 g/mol. The lowest BCUT2D eigenvalue weighted by molar-refractivity contribution is -0.119. The lowest BCUT2D eigenvalue weighted by Crippen LogP contribution is -2.54. The molecule has 0 saturated carbocycles. The van der Waals surface area contributed by atoms with Gasteiger partial charge in [-0.2, -0.15) is 0 Å². The van der Waals surface area contributed by atoms with Gasteiger partial charge < -0.3 is 15.4 Å². The standard InChI is InChI=1S/C30H40N6O2/c1-18(2)24-13-26(23(7)32-14-24)38-17-25-22(6)33-29(28-19(3)9-8-10-20(28)4)34-30(25)36-12-11-35(16-27(31)37)21(5)15-36/h8-10,13-14,18,21H,11-12,15-17H2,1-7H3,(H2,31,37)/t21-/m1/s1. The smallest absolute Gasteiger partial charge is 0.231 e. The number of ether oxygens (including phenoxy) is 1. The molecule has 1 atom stereocenters. The zero-order valence-corrected chi connectivity index (χ0v) is 23.7. The molecule has 0 spiro atoms. The minimum atomic E-state index is -0.304. The molecule has 0 radical (unpaired) electrons. The Kier molecular flexibility index (Phi) is 8.31. The normalized spacial score (nSPS) is 16.2. The molecule has 8 nitrogen and oxygen atoms in total. The fourth-order valence-corrected chi connectivity index (χ4v) is 5.05. The molecule has 38 heavy (non-hydrogen) atoms. The van der Waals surface area contributed by atoms with Gasteiger partial charge in [0.15, 0.2) is 5.82 Å². The molecular formula is C30H40N6O2. The number of carbonyl (C=O) groups is 1. The number of amides is 1. The molecule has 3 aromatic rings. The van der Waals surface area contributed by atoms with Crippen molar-refractivity contribution in [2.24, 2.45) is 5.73 Å². The molecule has 1 amide bonds. The molecule has 1 aromatic carbocycles. The number of hydrogen-bond acceptors (Lipinski definition) is 7. The molecule has 202 valence electrons. The molecule has 4 rings (SSSR count). The van der Waals surface area contributed by atoms with E-state index in [2.05, 4.69) is 73.7 Å². The lowest BCUT2D eigenvalue weighted by Gasteiger charge is -2.40. The number of nitrogens with zero attached hydrogens (tertiary/aromatic N) is 5. The summed E-state index contributed by atoms with van der Waals surface area (Å²) < 4.78 is 6.38. The summed E-state index contributed by atoms with van der Waals surface area (Å²) in [6.07, 6.45) is 1.92. The van der Waals surface area contributed by atoms with Crippen molar-refractivity contribution in [3.63, 3.8) is 0 Å². The minimum absolute atomic E-state index is 0.151. The van der Waals surface area contributed by atoms with Gasteiger partial charge in [0.1, 0.15) is 18.2 Å². The van der Waals surface area contributed by atoms with Crippen molar-refractivity contribution in [3.05, 3.63) is 64.1 Å². The quantitative estimate of drug-likeness (QED) is 0.472. The van der Waals surface area contributed by atoms with Crippen LogP contribution in [0.25, 0.3) is 11.4 Å². The monoisotopic (exact) mass is 516 g/mol. The zero-order valence-electron chi connectivity index (χ0n) is 23.7. The van der Waals surface area contributed by atoms with Gasteiger partial charge in [0.2, 0.25) is 5.91 Å². The molecule has 3 heterocycles. The third kappa shape index (κ3) is 5.96. The van der Waals surface area contributed by atoms with Gasteiger partial charge in [-0.15, -0.1) is 0 Å². The minimum Gasteiger partial charge on any atom is -0.487 e. The van der Waals surface area contributed by atoms with Gasteiger partial charge in [0.25, 0.3) is 0 Å². The van der Waals surface area contributed by atoms with Crippen LogP contribution < -0.4 is 15.4 Å². The van der Waals surface area contributed by atoms with Crippen LogP contribution in [0.1, 0.15) is 60.3 Å². The highest BCUT2D eigenvalue weighted by Gasteiger charge is 2.28. The largest absolute Gasteiger partial charge is 0.487 e. The van der Waals surface area contributed by atoms with Crippen LogP contribution in [-0.2, 0) is 11.4 Å². The number of piperazine rings is 1. The van der Waals surface area contributed by atoms with Crippen LogP contribution in [-0.4, -0.2) is 58.0 Å². The van der Waals surface area contributed by atoms with Crippen molar-refractivity contribution in [3.8, 4) is 17.1 Å². The van der Waals surface area contributed by atoms with Gasteiger partial charge in [0, 0.05) is 37.4 Å². The highest BCUT2D eigenvalue weighted by atomic mass is 16.5. The Morgan fingerprint density at radius 2 is 1.82 bits per heavy atom. The van der Waals surface area contributed by atoms with E-state index >= 15 is 0 Å². The summed E-state index contributed by atoms with van der Waals surface area (Å²) in [7, 11) is 0. The topological polar surface area (TPSA) is 97.5 Å². The van der Waals surface area contributed by atoms with E-state index in [4.69, 9.17) is 20.4 Å². The Labute approximate surface area is 226 Å². The van der Waals surface area contributed by atoms with E-state index in [1.54, 1.807) is 0 Å². The van der Waals surface area contributed by atoms with Crippen molar-refractivity contribution in [2.75, 3.05) is 31.1 Å². The van der Waals surface area contributed by atoms with Crippen molar-refractivity contribution in [1.82, 2.24) is 19.9 Å². The zero-order chi connectivity index (χ0) is 27.6. The van der Waals surface area contributed by atoms with E-state index in [0.717, 1.165) is 76.2 Å². The number of benzene rings is 1. The Bertz CT molecular complexity index is 1300. The summed E-state index contributed by atoms with van der Waals surface area (Å²) in [5, 5.41) is 0. The molecule has 1 aliphatic rings. The van der Waals surface area contributed by atoms with E-state index in [1.807, 2.05) is 20.0 Å². The van der Waals surface area contributed by atoms with E-state index < -0.39 is 0 Å². The molecule has 0 bridgehead atoms. The van der Waals surface area contributed by atoms with E-state index in [-0.39, 0.29) is 18.5 Å². The lowest BCUT2D eigenvalue weighted by atomic mass is 10.0. The molecule has 2 N–H and O–H groups in total. The van der Waals surface area contributed by atoms with Crippen molar-refractivity contribution in [2.45, 2.75) is 67.0 Å². The molecule has 1 aliphatic heterocycles. The third-order valence-corrected chi connectivity index (χ3v) is 7.42. The SMILES string of the molecule is Cc1cccc(C)c1-c1nc(C)c(COc2cc(C(C)C)cnc2C)c(N2CCN(CC(N)=O)[C@H](C)C2)n1. The molecule has 2 aromatic heterocycles. The van der Waals surface area contributed by atoms with Crippen LogP contribution in [0, 0.1) is 27.7 Å². The number of pyridine rings is 1. The maximum atomic E-state index is 11.6.